The number of hydrogen-bond acceptors (Lipinski definition) is 6. The van der Waals surface area contributed by atoms with Gasteiger partial charge in [-0.1, -0.05) is 37.9 Å². The average molecular weight is 572 g/mol. The number of benzene rings is 2. The molecule has 6 nitrogen and oxygen atoms in total. The molecule has 0 unspecified atom stereocenters. The second-order valence-corrected chi connectivity index (χ2v) is 10.6. The van der Waals surface area contributed by atoms with E-state index in [1.807, 2.05) is 0 Å². The van der Waals surface area contributed by atoms with Crippen molar-refractivity contribution in [3.8, 4) is 0 Å². The van der Waals surface area contributed by atoms with E-state index in [1.165, 1.54) is 17.2 Å². The smallest absolute Gasteiger partial charge is 0.128 e. The third-order valence-corrected chi connectivity index (χ3v) is 7.84. The Morgan fingerprint density at radius 2 is 1.34 bits per heavy atom. The van der Waals surface area contributed by atoms with Gasteiger partial charge in [-0.3, -0.25) is 0 Å². The summed E-state index contributed by atoms with van der Waals surface area (Å²) in [4.78, 5) is 10.7. The van der Waals surface area contributed by atoms with E-state index in [9.17, 15) is 4.39 Å². The number of nitrogens with one attached hydrogen (secondary N) is 2. The summed E-state index contributed by atoms with van der Waals surface area (Å²) >= 11 is 6.89. The van der Waals surface area contributed by atoms with E-state index in [2.05, 4.69) is 67.9 Å². The number of rotatable bonds is 2. The van der Waals surface area contributed by atoms with E-state index in [-0.39, 0.29) is 17.3 Å². The predicted octanol–water partition coefficient (Wildman–Crippen LogP) is 4.10. The highest BCUT2D eigenvalue weighted by Gasteiger charge is 2.52. The van der Waals surface area contributed by atoms with Crippen molar-refractivity contribution in [2.24, 2.45) is 11.8 Å². The maximum Gasteiger partial charge on any atom is 0.128 e. The molecule has 2 aromatic carbocycles. The Morgan fingerprint density at radius 3 is 1.97 bits per heavy atom. The zero-order valence-corrected chi connectivity index (χ0v) is 20.8. The van der Waals surface area contributed by atoms with Crippen LogP contribution in [-0.2, 0) is 30.2 Å². The van der Waals surface area contributed by atoms with E-state index in [4.69, 9.17) is 19.1 Å². The minimum absolute atomic E-state index is 0.145. The van der Waals surface area contributed by atoms with Crippen LogP contribution in [0.1, 0.15) is 16.7 Å². The van der Waals surface area contributed by atoms with Gasteiger partial charge in [-0.25, -0.2) is 4.39 Å². The number of ether oxygens (including phenoxy) is 2. The Balaban J connectivity index is 0.000000135. The Kier molecular flexibility index (Phi) is 6.45. The van der Waals surface area contributed by atoms with E-state index in [0.717, 1.165) is 22.2 Å². The molecule has 0 saturated carbocycles. The monoisotopic (exact) mass is 570 g/mol. The summed E-state index contributed by atoms with van der Waals surface area (Å²) in [6.07, 6.45) is 0. The molecule has 4 aliphatic rings. The molecule has 4 heterocycles. The summed E-state index contributed by atoms with van der Waals surface area (Å²) in [6.45, 7) is 5.95. The predicted molar refractivity (Wildman–Crippen MR) is 123 cm³/mol. The molecule has 0 amide bonds. The van der Waals surface area contributed by atoms with Crippen LogP contribution in [0.15, 0.2) is 45.3 Å². The first-order valence-corrected chi connectivity index (χ1v) is 12.2. The van der Waals surface area contributed by atoms with Gasteiger partial charge >= 0.3 is 0 Å². The van der Waals surface area contributed by atoms with Crippen LogP contribution in [0.5, 0.6) is 0 Å². The van der Waals surface area contributed by atoms with Gasteiger partial charge in [0.25, 0.3) is 0 Å². The average Bonchev–Trinajstić information content (AvgIpc) is 3.52. The maximum absolute atomic E-state index is 13.9. The van der Waals surface area contributed by atoms with Crippen molar-refractivity contribution in [2.45, 2.75) is 18.0 Å². The van der Waals surface area contributed by atoms with E-state index < -0.39 is 5.54 Å². The van der Waals surface area contributed by atoms with Crippen LogP contribution >= 0.6 is 31.9 Å². The second-order valence-electron chi connectivity index (χ2n) is 8.78. The lowest BCUT2D eigenvalue weighted by atomic mass is 9.80. The van der Waals surface area contributed by atoms with Crippen molar-refractivity contribution in [1.82, 2.24) is 11.0 Å². The quantitative estimate of drug-likeness (QED) is 0.566. The van der Waals surface area contributed by atoms with Gasteiger partial charge in [-0.15, -0.1) is 0 Å². The minimum Gasteiger partial charge on any atom is -0.379 e. The van der Waals surface area contributed by atoms with Crippen LogP contribution in [-0.4, -0.2) is 39.6 Å². The topological polar surface area (TPSA) is 61.0 Å². The zero-order chi connectivity index (χ0) is 22.3. The summed E-state index contributed by atoms with van der Waals surface area (Å²) in [5.41, 5.74) is 8.60. The first-order chi connectivity index (χ1) is 15.4. The molecule has 6 rings (SSSR count). The van der Waals surface area contributed by atoms with Gasteiger partial charge in [0.15, 0.2) is 0 Å². The molecule has 0 aliphatic carbocycles. The molecule has 4 aliphatic heterocycles. The van der Waals surface area contributed by atoms with Gasteiger partial charge < -0.3 is 19.1 Å². The first-order valence-electron chi connectivity index (χ1n) is 10.6. The van der Waals surface area contributed by atoms with Gasteiger partial charge in [0.1, 0.15) is 11.4 Å². The van der Waals surface area contributed by atoms with Crippen molar-refractivity contribution in [1.29, 1.82) is 0 Å². The maximum atomic E-state index is 13.9. The molecule has 9 heteroatoms. The van der Waals surface area contributed by atoms with Crippen molar-refractivity contribution in [3.63, 3.8) is 0 Å². The Hall–Kier alpha value is -0.910. The van der Waals surface area contributed by atoms with Crippen LogP contribution in [0.3, 0.4) is 0 Å². The number of aryl methyl sites for hydroxylation is 1. The van der Waals surface area contributed by atoms with E-state index in [1.54, 1.807) is 12.1 Å². The third-order valence-electron chi connectivity index (χ3n) is 6.86. The van der Waals surface area contributed by atoms with Crippen molar-refractivity contribution in [2.75, 3.05) is 39.6 Å². The molecule has 4 saturated heterocycles. The third kappa shape index (κ3) is 3.86. The highest BCUT2D eigenvalue weighted by atomic mass is 79.9. The van der Waals surface area contributed by atoms with E-state index >= 15 is 0 Å². The SMILES string of the molecule is Cc1ccc(Br)cc1[C@]12COC[C@H]1CON2.Fc1ccc(Br)cc1[C@@]12COC[C@@H]1CON2. The lowest BCUT2D eigenvalue weighted by molar-refractivity contribution is 0.0242. The lowest BCUT2D eigenvalue weighted by Crippen LogP contribution is -2.42. The normalized spacial score (nSPS) is 33.0. The summed E-state index contributed by atoms with van der Waals surface area (Å²) < 4.78 is 26.9. The van der Waals surface area contributed by atoms with Gasteiger partial charge in [-0.2, -0.15) is 11.0 Å². The molecule has 2 N–H and O–H groups in total. The number of halogens is 3. The molecule has 0 aromatic heterocycles. The fraction of sp³-hybridized carbons (Fsp3) is 0.478. The molecule has 172 valence electrons. The standard InChI is InChI=1S/C12H14BrNO2.C11H11BrFNO2/c1-8-2-3-10(13)4-11(8)12-7-15-5-9(12)6-16-14-12;12-8-1-2-10(13)9(3-8)11-6-15-4-7(11)5-16-14-11/h2-4,9,14H,5-7H2,1H3;1-3,7,14H,4-6H2/t9-,12-;7-,11-/m01/s1. The van der Waals surface area contributed by atoms with Gasteiger partial charge in [0.2, 0.25) is 0 Å². The van der Waals surface area contributed by atoms with Crippen molar-refractivity contribution in [3.05, 3.63) is 67.9 Å². The molecule has 0 bridgehead atoms. The van der Waals surface area contributed by atoms with Crippen molar-refractivity contribution < 1.29 is 23.5 Å². The van der Waals surface area contributed by atoms with Gasteiger partial charge in [0, 0.05) is 26.3 Å². The number of hydrogen-bond donors (Lipinski definition) is 2. The van der Waals surface area contributed by atoms with Crippen LogP contribution in [0.2, 0.25) is 0 Å². The summed E-state index contributed by atoms with van der Waals surface area (Å²) in [7, 11) is 0. The fourth-order valence-electron chi connectivity index (χ4n) is 5.01. The highest BCUT2D eigenvalue weighted by molar-refractivity contribution is 9.10. The van der Waals surface area contributed by atoms with Gasteiger partial charge in [-0.05, 0) is 48.4 Å². The molecule has 2 aromatic rings. The van der Waals surface area contributed by atoms with E-state index in [0.29, 0.717) is 37.9 Å². The molecular weight excluding hydrogens is 547 g/mol. The largest absolute Gasteiger partial charge is 0.379 e. The molecule has 4 atom stereocenters. The van der Waals surface area contributed by atoms with Crippen molar-refractivity contribution >= 4 is 31.9 Å². The molecular formula is C23H25Br2FN2O4. The summed E-state index contributed by atoms with van der Waals surface area (Å²) in [5.74, 6) is 0.369. The van der Waals surface area contributed by atoms with Gasteiger partial charge in [0.05, 0.1) is 45.2 Å². The lowest BCUT2D eigenvalue weighted by Gasteiger charge is -2.28. The first kappa shape index (κ1) is 22.9. The molecule has 4 fully saturated rings. The fourth-order valence-corrected chi connectivity index (χ4v) is 5.73. The zero-order valence-electron chi connectivity index (χ0n) is 17.6. The van der Waals surface area contributed by atoms with Crippen LogP contribution in [0.25, 0.3) is 0 Å². The summed E-state index contributed by atoms with van der Waals surface area (Å²) in [6, 6.07) is 11.3. The molecule has 0 spiro atoms. The molecule has 32 heavy (non-hydrogen) atoms. The highest BCUT2D eigenvalue weighted by Crippen LogP contribution is 2.42. The summed E-state index contributed by atoms with van der Waals surface area (Å²) in [5, 5.41) is 0. The minimum atomic E-state index is -0.520. The Bertz CT molecular complexity index is 908. The Morgan fingerprint density at radius 1 is 0.812 bits per heavy atom. The van der Waals surface area contributed by atoms with Crippen LogP contribution in [0.4, 0.5) is 4.39 Å². The Labute approximate surface area is 203 Å². The number of hydroxylamine groups is 2. The number of fused-ring (bicyclic) bond motifs is 2. The van der Waals surface area contributed by atoms with Crippen LogP contribution < -0.4 is 11.0 Å². The second kappa shape index (κ2) is 9.03. The van der Waals surface area contributed by atoms with Crippen LogP contribution in [0, 0.1) is 24.6 Å². The molecule has 0 radical (unpaired) electrons.